The third kappa shape index (κ3) is 6.99. The minimum absolute atomic E-state index is 0.00134. The van der Waals surface area contributed by atoms with Crippen LogP contribution in [0.15, 0.2) is 53.5 Å². The number of guanidine groups is 1. The predicted octanol–water partition coefficient (Wildman–Crippen LogP) is 3.01. The molecule has 0 aromatic heterocycles. The van der Waals surface area contributed by atoms with Gasteiger partial charge in [0, 0.05) is 29.9 Å². The van der Waals surface area contributed by atoms with Crippen molar-refractivity contribution in [1.82, 2.24) is 15.5 Å². The number of methoxy groups -OCH3 is 1. The van der Waals surface area contributed by atoms with Crippen LogP contribution in [-0.2, 0) is 4.79 Å². The van der Waals surface area contributed by atoms with Crippen molar-refractivity contribution in [2.24, 2.45) is 4.99 Å². The summed E-state index contributed by atoms with van der Waals surface area (Å²) < 4.78 is 5.63. The van der Waals surface area contributed by atoms with Crippen molar-refractivity contribution in [3.05, 3.63) is 59.7 Å². The summed E-state index contributed by atoms with van der Waals surface area (Å²) in [5.74, 6) is 3.84. The fraction of sp³-hybridized carbons (Fsp3) is 0.385. The van der Waals surface area contributed by atoms with Crippen LogP contribution in [0.1, 0.15) is 36.9 Å². The number of ether oxygens (including phenoxy) is 1. The molecule has 0 aliphatic carbocycles. The van der Waals surface area contributed by atoms with Gasteiger partial charge >= 0.3 is 0 Å². The number of hydrogen-bond donors (Lipinski definition) is 3. The highest BCUT2D eigenvalue weighted by Gasteiger charge is 2.26. The Morgan fingerprint density at radius 2 is 1.97 bits per heavy atom. The summed E-state index contributed by atoms with van der Waals surface area (Å²) in [4.78, 5) is 19.4. The molecular weight excluding hydrogens is 414 g/mol. The van der Waals surface area contributed by atoms with Gasteiger partial charge < -0.3 is 20.7 Å². The van der Waals surface area contributed by atoms with E-state index in [1.807, 2.05) is 37.3 Å². The van der Waals surface area contributed by atoms with E-state index in [0.29, 0.717) is 24.7 Å². The van der Waals surface area contributed by atoms with Crippen LogP contribution >= 0.6 is 0 Å². The Morgan fingerprint density at radius 1 is 1.18 bits per heavy atom. The monoisotopic (exact) mass is 447 g/mol. The SMILES string of the molecule is C#Cc1cccc(NC(=O)CN=C(NCC)NCC(c2ccccc2OC)N2CCCC2)c1. The molecule has 0 bridgehead atoms. The summed E-state index contributed by atoms with van der Waals surface area (Å²) in [5.41, 5.74) is 2.53. The number of hydrogen-bond acceptors (Lipinski definition) is 4. The second kappa shape index (κ2) is 12.5. The molecule has 7 nitrogen and oxygen atoms in total. The van der Waals surface area contributed by atoms with Crippen molar-refractivity contribution >= 4 is 17.6 Å². The van der Waals surface area contributed by atoms with E-state index in [2.05, 4.69) is 37.8 Å². The topological polar surface area (TPSA) is 78.0 Å². The molecule has 3 rings (SSSR count). The van der Waals surface area contributed by atoms with Crippen molar-refractivity contribution in [2.75, 3.05) is 45.2 Å². The van der Waals surface area contributed by atoms with Crippen LogP contribution in [0.2, 0.25) is 0 Å². The van der Waals surface area contributed by atoms with Crippen LogP contribution in [0, 0.1) is 12.3 Å². The van der Waals surface area contributed by atoms with Crippen LogP contribution in [0.4, 0.5) is 5.69 Å². The zero-order valence-electron chi connectivity index (χ0n) is 19.4. The zero-order valence-corrected chi connectivity index (χ0v) is 19.4. The van der Waals surface area contributed by atoms with E-state index in [0.717, 1.165) is 30.0 Å². The van der Waals surface area contributed by atoms with E-state index < -0.39 is 0 Å². The molecule has 0 radical (unpaired) electrons. The summed E-state index contributed by atoms with van der Waals surface area (Å²) in [6.45, 7) is 5.45. The number of nitrogens with one attached hydrogen (secondary N) is 3. The van der Waals surface area contributed by atoms with Crippen LogP contribution in [0.5, 0.6) is 5.75 Å². The number of nitrogens with zero attached hydrogens (tertiary/aromatic N) is 2. The maximum absolute atomic E-state index is 12.4. The first-order chi connectivity index (χ1) is 16.1. The number of terminal acetylenes is 1. The lowest BCUT2D eigenvalue weighted by molar-refractivity contribution is -0.114. The standard InChI is InChI=1S/C26H33N5O2/c1-4-20-11-10-12-21(17-20)30-25(32)19-29-26(27-5-2)28-18-23(31-15-8-9-16-31)22-13-6-7-14-24(22)33-3/h1,6-7,10-14,17,23H,5,8-9,15-16,18-19H2,2-3H3,(H,30,32)(H2,27,28,29). The molecule has 2 aromatic carbocycles. The fourth-order valence-corrected chi connectivity index (χ4v) is 4.00. The van der Waals surface area contributed by atoms with Crippen LogP contribution < -0.4 is 20.7 Å². The Morgan fingerprint density at radius 3 is 2.70 bits per heavy atom. The minimum Gasteiger partial charge on any atom is -0.496 e. The first kappa shape index (κ1) is 24.1. The molecule has 1 fully saturated rings. The van der Waals surface area contributed by atoms with Gasteiger partial charge in [0.05, 0.1) is 13.2 Å². The third-order valence-electron chi connectivity index (χ3n) is 5.58. The minimum atomic E-state index is -0.206. The molecule has 1 heterocycles. The number of aliphatic imine (C=N–C) groups is 1. The lowest BCUT2D eigenvalue weighted by atomic mass is 10.0. The highest BCUT2D eigenvalue weighted by atomic mass is 16.5. The van der Waals surface area contributed by atoms with Gasteiger partial charge in [-0.15, -0.1) is 6.42 Å². The molecule has 1 aliphatic heterocycles. The van der Waals surface area contributed by atoms with Crippen molar-refractivity contribution in [3.63, 3.8) is 0 Å². The smallest absolute Gasteiger partial charge is 0.246 e. The van der Waals surface area contributed by atoms with E-state index in [4.69, 9.17) is 11.2 Å². The molecule has 1 amide bonds. The second-order valence-electron chi connectivity index (χ2n) is 7.85. The van der Waals surface area contributed by atoms with Crippen LogP contribution in [0.25, 0.3) is 0 Å². The molecule has 3 N–H and O–H groups in total. The Kier molecular flexibility index (Phi) is 9.16. The summed E-state index contributed by atoms with van der Waals surface area (Å²) in [6, 6.07) is 15.5. The number of likely N-dealkylation sites (tertiary alicyclic amines) is 1. The number of para-hydroxylation sites is 1. The van der Waals surface area contributed by atoms with Crippen molar-refractivity contribution < 1.29 is 9.53 Å². The van der Waals surface area contributed by atoms with Gasteiger partial charge in [-0.1, -0.05) is 30.2 Å². The van der Waals surface area contributed by atoms with Gasteiger partial charge in [-0.05, 0) is 57.1 Å². The fourth-order valence-electron chi connectivity index (χ4n) is 4.00. The number of carbonyl (C=O) groups is 1. The van der Waals surface area contributed by atoms with Gasteiger partial charge in [0.1, 0.15) is 12.3 Å². The average molecular weight is 448 g/mol. The second-order valence-corrected chi connectivity index (χ2v) is 7.85. The lowest BCUT2D eigenvalue weighted by Crippen LogP contribution is -2.43. The van der Waals surface area contributed by atoms with Crippen LogP contribution in [-0.4, -0.2) is 56.6 Å². The quantitative estimate of drug-likeness (QED) is 0.313. The number of amides is 1. The first-order valence-electron chi connectivity index (χ1n) is 11.4. The number of carbonyl (C=O) groups excluding carboxylic acids is 1. The lowest BCUT2D eigenvalue weighted by Gasteiger charge is -2.30. The van der Waals surface area contributed by atoms with E-state index in [-0.39, 0.29) is 18.5 Å². The highest BCUT2D eigenvalue weighted by Crippen LogP contribution is 2.31. The highest BCUT2D eigenvalue weighted by molar-refractivity contribution is 5.94. The largest absolute Gasteiger partial charge is 0.496 e. The average Bonchev–Trinajstić information content (AvgIpc) is 3.37. The molecule has 7 heteroatoms. The summed E-state index contributed by atoms with van der Waals surface area (Å²) in [6.07, 6.45) is 7.82. The molecule has 33 heavy (non-hydrogen) atoms. The summed E-state index contributed by atoms with van der Waals surface area (Å²) in [5, 5.41) is 9.49. The van der Waals surface area contributed by atoms with Gasteiger partial charge in [-0.2, -0.15) is 0 Å². The maximum atomic E-state index is 12.4. The number of benzene rings is 2. The molecule has 174 valence electrons. The van der Waals surface area contributed by atoms with Gasteiger partial charge in [-0.25, -0.2) is 4.99 Å². The summed E-state index contributed by atoms with van der Waals surface area (Å²) >= 11 is 0. The number of rotatable bonds is 9. The molecule has 1 saturated heterocycles. The van der Waals surface area contributed by atoms with E-state index in [1.165, 1.54) is 12.8 Å². The van der Waals surface area contributed by atoms with Crippen molar-refractivity contribution in [1.29, 1.82) is 0 Å². The van der Waals surface area contributed by atoms with Crippen molar-refractivity contribution in [3.8, 4) is 18.1 Å². The molecule has 1 unspecified atom stereocenters. The Labute approximate surface area is 196 Å². The van der Waals surface area contributed by atoms with Crippen molar-refractivity contribution in [2.45, 2.75) is 25.8 Å². The summed E-state index contributed by atoms with van der Waals surface area (Å²) in [7, 11) is 1.71. The Hall–Kier alpha value is -3.50. The Bertz CT molecular complexity index is 992. The van der Waals surface area contributed by atoms with E-state index in [1.54, 1.807) is 19.2 Å². The van der Waals surface area contributed by atoms with Gasteiger partial charge in [0.25, 0.3) is 0 Å². The molecule has 0 spiro atoms. The van der Waals surface area contributed by atoms with Crippen LogP contribution in [0.3, 0.4) is 0 Å². The van der Waals surface area contributed by atoms with Gasteiger partial charge in [-0.3, -0.25) is 9.69 Å². The zero-order chi connectivity index (χ0) is 23.5. The molecule has 2 aromatic rings. The first-order valence-corrected chi connectivity index (χ1v) is 11.4. The van der Waals surface area contributed by atoms with E-state index in [9.17, 15) is 4.79 Å². The van der Waals surface area contributed by atoms with Gasteiger partial charge in [0.15, 0.2) is 5.96 Å². The number of anilines is 1. The maximum Gasteiger partial charge on any atom is 0.246 e. The Balaban J connectivity index is 1.67. The van der Waals surface area contributed by atoms with Gasteiger partial charge in [0.2, 0.25) is 5.91 Å². The normalized spacial score (nSPS) is 14.9. The van der Waals surface area contributed by atoms with E-state index >= 15 is 0 Å². The molecular formula is C26H33N5O2. The molecule has 0 saturated carbocycles. The predicted molar refractivity (Wildman–Crippen MR) is 134 cm³/mol. The third-order valence-corrected chi connectivity index (χ3v) is 5.58. The molecule has 1 aliphatic rings. The molecule has 1 atom stereocenters.